The molecule has 0 bridgehead atoms. The van der Waals surface area contributed by atoms with Gasteiger partial charge in [0.25, 0.3) is 5.56 Å². The lowest BCUT2D eigenvalue weighted by atomic mass is 9.98. The fourth-order valence-corrected chi connectivity index (χ4v) is 2.27. The average molecular weight is 265 g/mol. The van der Waals surface area contributed by atoms with Crippen molar-refractivity contribution >= 4 is 5.97 Å². The summed E-state index contributed by atoms with van der Waals surface area (Å²) in [4.78, 5) is 26.0. The van der Waals surface area contributed by atoms with Crippen LogP contribution in [0.4, 0.5) is 0 Å². The van der Waals surface area contributed by atoms with E-state index in [0.29, 0.717) is 12.5 Å². The first-order valence-electron chi connectivity index (χ1n) is 6.77. The molecule has 5 heteroatoms. The number of aromatic amines is 1. The molecule has 104 valence electrons. The summed E-state index contributed by atoms with van der Waals surface area (Å²) in [5, 5.41) is 0. The number of nitrogens with one attached hydrogen (secondary N) is 1. The minimum absolute atomic E-state index is 0.0175. The smallest absolute Gasteiger partial charge is 0.338 e. The summed E-state index contributed by atoms with van der Waals surface area (Å²) in [6.07, 6.45) is 5.19. The SMILES string of the molecule is CCOc1cc(C(=O)OC2CCCCC2)cc(=O)[nH]1. The van der Waals surface area contributed by atoms with Gasteiger partial charge in [-0.05, 0) is 32.6 Å². The van der Waals surface area contributed by atoms with Crippen molar-refractivity contribution in [2.45, 2.75) is 45.1 Å². The van der Waals surface area contributed by atoms with Gasteiger partial charge >= 0.3 is 5.97 Å². The summed E-state index contributed by atoms with van der Waals surface area (Å²) in [7, 11) is 0. The molecule has 0 unspecified atom stereocenters. The van der Waals surface area contributed by atoms with E-state index in [1.54, 1.807) is 0 Å². The molecule has 0 saturated heterocycles. The summed E-state index contributed by atoms with van der Waals surface area (Å²) < 4.78 is 10.6. The predicted molar refractivity (Wildman–Crippen MR) is 70.5 cm³/mol. The maximum Gasteiger partial charge on any atom is 0.338 e. The molecule has 0 aromatic carbocycles. The molecular weight excluding hydrogens is 246 g/mol. The van der Waals surface area contributed by atoms with Crippen LogP contribution in [0.15, 0.2) is 16.9 Å². The molecule has 1 aliphatic carbocycles. The van der Waals surface area contributed by atoms with Gasteiger partial charge in [0.1, 0.15) is 6.10 Å². The molecule has 1 aromatic heterocycles. The first kappa shape index (κ1) is 13.6. The third kappa shape index (κ3) is 3.84. The molecule has 1 heterocycles. The fraction of sp³-hybridized carbons (Fsp3) is 0.571. The summed E-state index contributed by atoms with van der Waals surface area (Å²) in [6, 6.07) is 2.75. The second-order valence-electron chi connectivity index (χ2n) is 4.70. The highest BCUT2D eigenvalue weighted by atomic mass is 16.5. The molecule has 1 fully saturated rings. The normalized spacial score (nSPS) is 16.1. The molecule has 19 heavy (non-hydrogen) atoms. The van der Waals surface area contributed by atoms with E-state index in [1.807, 2.05) is 6.92 Å². The highest BCUT2D eigenvalue weighted by Gasteiger charge is 2.19. The quantitative estimate of drug-likeness (QED) is 0.848. The van der Waals surface area contributed by atoms with Gasteiger partial charge in [0.2, 0.25) is 0 Å². The van der Waals surface area contributed by atoms with Gasteiger partial charge in [0, 0.05) is 12.1 Å². The van der Waals surface area contributed by atoms with Crippen molar-refractivity contribution in [3.8, 4) is 5.88 Å². The summed E-state index contributed by atoms with van der Waals surface area (Å²) in [5.74, 6) is -0.149. The molecule has 0 aliphatic heterocycles. The van der Waals surface area contributed by atoms with Gasteiger partial charge in [-0.25, -0.2) is 4.79 Å². The second-order valence-corrected chi connectivity index (χ2v) is 4.70. The topological polar surface area (TPSA) is 68.4 Å². The van der Waals surface area contributed by atoms with Crippen molar-refractivity contribution in [2.24, 2.45) is 0 Å². The van der Waals surface area contributed by atoms with Crippen molar-refractivity contribution in [3.05, 3.63) is 28.0 Å². The summed E-state index contributed by atoms with van der Waals surface area (Å²) >= 11 is 0. The Morgan fingerprint density at radius 2 is 2.05 bits per heavy atom. The van der Waals surface area contributed by atoms with Gasteiger partial charge in [0.05, 0.1) is 12.2 Å². The third-order valence-electron chi connectivity index (χ3n) is 3.18. The number of esters is 1. The fourth-order valence-electron chi connectivity index (χ4n) is 2.27. The Balaban J connectivity index is 2.07. The van der Waals surface area contributed by atoms with Crippen molar-refractivity contribution in [1.82, 2.24) is 4.98 Å². The Hall–Kier alpha value is -1.78. The Morgan fingerprint density at radius 1 is 1.32 bits per heavy atom. The van der Waals surface area contributed by atoms with Crippen molar-refractivity contribution in [3.63, 3.8) is 0 Å². The van der Waals surface area contributed by atoms with Gasteiger partial charge in [-0.3, -0.25) is 9.78 Å². The van der Waals surface area contributed by atoms with E-state index in [0.717, 1.165) is 25.7 Å². The van der Waals surface area contributed by atoms with Crippen LogP contribution < -0.4 is 10.3 Å². The van der Waals surface area contributed by atoms with Gasteiger partial charge < -0.3 is 9.47 Å². The lowest BCUT2D eigenvalue weighted by Gasteiger charge is -2.21. The minimum atomic E-state index is -0.445. The maximum absolute atomic E-state index is 12.0. The molecule has 0 atom stereocenters. The molecule has 2 rings (SSSR count). The monoisotopic (exact) mass is 265 g/mol. The van der Waals surface area contributed by atoms with E-state index >= 15 is 0 Å². The molecular formula is C14H19NO4. The second kappa shape index (κ2) is 6.41. The molecule has 1 aromatic rings. The van der Waals surface area contributed by atoms with Crippen LogP contribution in [0.5, 0.6) is 5.88 Å². The number of pyridine rings is 1. The largest absolute Gasteiger partial charge is 0.479 e. The number of H-pyrrole nitrogens is 1. The molecule has 5 nitrogen and oxygen atoms in total. The molecule has 0 spiro atoms. The highest BCUT2D eigenvalue weighted by molar-refractivity contribution is 5.89. The zero-order valence-electron chi connectivity index (χ0n) is 11.1. The lowest BCUT2D eigenvalue weighted by molar-refractivity contribution is 0.0210. The predicted octanol–water partition coefficient (Wildman–Crippen LogP) is 2.26. The Morgan fingerprint density at radius 3 is 2.74 bits per heavy atom. The molecule has 1 aliphatic rings. The van der Waals surface area contributed by atoms with Crippen LogP contribution in [-0.2, 0) is 4.74 Å². The standard InChI is InChI=1S/C14H19NO4/c1-2-18-13-9-10(8-12(16)15-13)14(17)19-11-6-4-3-5-7-11/h8-9,11H,2-7H2,1H3,(H,15,16). The zero-order chi connectivity index (χ0) is 13.7. The number of hydrogen-bond acceptors (Lipinski definition) is 4. The minimum Gasteiger partial charge on any atom is -0.479 e. The Labute approximate surface area is 111 Å². The van der Waals surface area contributed by atoms with Gasteiger partial charge in [0.15, 0.2) is 5.88 Å². The van der Waals surface area contributed by atoms with Crippen LogP contribution in [0.3, 0.4) is 0 Å². The van der Waals surface area contributed by atoms with Crippen LogP contribution in [-0.4, -0.2) is 23.7 Å². The highest BCUT2D eigenvalue weighted by Crippen LogP contribution is 2.21. The zero-order valence-corrected chi connectivity index (χ0v) is 11.1. The van der Waals surface area contributed by atoms with Gasteiger partial charge in [-0.1, -0.05) is 6.42 Å². The number of hydrogen-bond donors (Lipinski definition) is 1. The van der Waals surface area contributed by atoms with E-state index < -0.39 is 5.97 Å². The maximum atomic E-state index is 12.0. The van der Waals surface area contributed by atoms with Crippen LogP contribution in [0, 0.1) is 0 Å². The number of carbonyl (C=O) groups is 1. The van der Waals surface area contributed by atoms with Crippen molar-refractivity contribution < 1.29 is 14.3 Å². The van der Waals surface area contributed by atoms with Crippen LogP contribution in [0.2, 0.25) is 0 Å². The van der Waals surface area contributed by atoms with Crippen molar-refractivity contribution in [1.29, 1.82) is 0 Å². The molecule has 1 N–H and O–H groups in total. The third-order valence-corrected chi connectivity index (χ3v) is 3.18. The van der Waals surface area contributed by atoms with Crippen LogP contribution in [0.1, 0.15) is 49.4 Å². The van der Waals surface area contributed by atoms with E-state index in [9.17, 15) is 9.59 Å². The first-order chi connectivity index (χ1) is 9.19. The number of aromatic nitrogens is 1. The van der Waals surface area contributed by atoms with E-state index in [1.165, 1.54) is 18.6 Å². The Bertz CT molecular complexity index is 488. The molecule has 0 radical (unpaired) electrons. The first-order valence-corrected chi connectivity index (χ1v) is 6.77. The van der Waals surface area contributed by atoms with E-state index in [4.69, 9.17) is 9.47 Å². The average Bonchev–Trinajstić information content (AvgIpc) is 2.39. The summed E-state index contributed by atoms with van der Waals surface area (Å²) in [6.45, 7) is 2.24. The molecule has 0 amide bonds. The Kier molecular flexibility index (Phi) is 4.60. The van der Waals surface area contributed by atoms with Crippen molar-refractivity contribution in [2.75, 3.05) is 6.61 Å². The number of carbonyl (C=O) groups excluding carboxylic acids is 1. The number of rotatable bonds is 4. The summed E-state index contributed by atoms with van der Waals surface area (Å²) in [5.41, 5.74) is -0.112. The van der Waals surface area contributed by atoms with Gasteiger partial charge in [-0.15, -0.1) is 0 Å². The van der Waals surface area contributed by atoms with Gasteiger partial charge in [-0.2, -0.15) is 0 Å². The molecule has 1 saturated carbocycles. The van der Waals surface area contributed by atoms with Crippen LogP contribution >= 0.6 is 0 Å². The van der Waals surface area contributed by atoms with E-state index in [2.05, 4.69) is 4.98 Å². The lowest BCUT2D eigenvalue weighted by Crippen LogP contribution is -2.22. The van der Waals surface area contributed by atoms with E-state index in [-0.39, 0.29) is 17.2 Å². The number of ether oxygens (including phenoxy) is 2. The van der Waals surface area contributed by atoms with Crippen LogP contribution in [0.25, 0.3) is 0 Å².